The predicted octanol–water partition coefficient (Wildman–Crippen LogP) is 1.80. The van der Waals surface area contributed by atoms with Crippen LogP contribution in [0.4, 0.5) is 0 Å². The van der Waals surface area contributed by atoms with Gasteiger partial charge < -0.3 is 10.5 Å². The third-order valence-corrected chi connectivity index (χ3v) is 1.73. The molecular weight excluding hydrogens is 150 g/mol. The monoisotopic (exact) mass is 165 g/mol. The van der Waals surface area contributed by atoms with Gasteiger partial charge in [0.15, 0.2) is 0 Å². The molecule has 1 rings (SSSR count). The smallest absolute Gasteiger partial charge is 0.119 e. The van der Waals surface area contributed by atoms with Gasteiger partial charge in [-0.1, -0.05) is 25.1 Å². The summed E-state index contributed by atoms with van der Waals surface area (Å²) in [5.41, 5.74) is 5.70. The van der Waals surface area contributed by atoms with Gasteiger partial charge in [0, 0.05) is 6.04 Å². The van der Waals surface area contributed by atoms with Crippen LogP contribution < -0.4 is 10.5 Å². The zero-order chi connectivity index (χ0) is 8.81. The van der Waals surface area contributed by atoms with E-state index in [-0.39, 0.29) is 6.04 Å². The molecule has 0 radical (unpaired) electrons. The molecule has 0 heterocycles. The van der Waals surface area contributed by atoms with Crippen LogP contribution in [0.5, 0.6) is 5.75 Å². The summed E-state index contributed by atoms with van der Waals surface area (Å²) in [4.78, 5) is 0. The van der Waals surface area contributed by atoms with Crippen molar-refractivity contribution in [2.45, 2.75) is 19.4 Å². The Bertz CT molecular complexity index is 210. The molecule has 0 amide bonds. The molecule has 1 aromatic rings. The number of nitrogens with two attached hydrogens (primary N) is 1. The molecule has 1 aromatic carbocycles. The van der Waals surface area contributed by atoms with Crippen LogP contribution in [0, 0.1) is 0 Å². The highest BCUT2D eigenvalue weighted by Crippen LogP contribution is 2.08. The highest BCUT2D eigenvalue weighted by atomic mass is 16.5. The van der Waals surface area contributed by atoms with Gasteiger partial charge in [-0.05, 0) is 18.6 Å². The first-order valence-electron chi connectivity index (χ1n) is 4.26. The first kappa shape index (κ1) is 9.07. The van der Waals surface area contributed by atoms with Gasteiger partial charge in [-0.15, -0.1) is 0 Å². The van der Waals surface area contributed by atoms with Crippen LogP contribution in [0.15, 0.2) is 30.3 Å². The molecule has 0 saturated carbocycles. The maximum absolute atomic E-state index is 5.70. The van der Waals surface area contributed by atoms with E-state index in [1.165, 1.54) is 0 Å². The molecule has 66 valence electrons. The fraction of sp³-hybridized carbons (Fsp3) is 0.400. The number of hydrogen-bond donors (Lipinski definition) is 1. The number of ether oxygens (including phenoxy) is 1. The standard InChI is InChI=1S/C10H15NO/c1-2-9(11)8-12-10-6-4-3-5-7-10/h3-7,9H,2,8,11H2,1H3. The van der Waals surface area contributed by atoms with Gasteiger partial charge in [-0.3, -0.25) is 0 Å². The molecule has 0 fully saturated rings. The second-order valence-corrected chi connectivity index (χ2v) is 2.79. The van der Waals surface area contributed by atoms with Crippen LogP contribution in [-0.2, 0) is 0 Å². The van der Waals surface area contributed by atoms with Crippen LogP contribution in [-0.4, -0.2) is 12.6 Å². The second-order valence-electron chi connectivity index (χ2n) is 2.79. The minimum Gasteiger partial charge on any atom is -0.492 e. The van der Waals surface area contributed by atoms with E-state index in [1.807, 2.05) is 30.3 Å². The zero-order valence-electron chi connectivity index (χ0n) is 7.36. The van der Waals surface area contributed by atoms with Crippen molar-refractivity contribution in [3.8, 4) is 5.75 Å². The van der Waals surface area contributed by atoms with Crippen molar-refractivity contribution in [1.29, 1.82) is 0 Å². The van der Waals surface area contributed by atoms with Gasteiger partial charge in [0.05, 0.1) is 0 Å². The minimum atomic E-state index is 0.144. The first-order chi connectivity index (χ1) is 5.83. The first-order valence-corrected chi connectivity index (χ1v) is 4.26. The van der Waals surface area contributed by atoms with Crippen LogP contribution in [0.3, 0.4) is 0 Å². The largest absolute Gasteiger partial charge is 0.492 e. The van der Waals surface area contributed by atoms with Crippen molar-refractivity contribution in [3.05, 3.63) is 30.3 Å². The number of rotatable bonds is 4. The Morgan fingerprint density at radius 3 is 2.58 bits per heavy atom. The normalized spacial score (nSPS) is 12.5. The Hall–Kier alpha value is -1.02. The quantitative estimate of drug-likeness (QED) is 0.738. The van der Waals surface area contributed by atoms with Crippen molar-refractivity contribution < 1.29 is 4.74 Å². The van der Waals surface area contributed by atoms with Crippen molar-refractivity contribution in [1.82, 2.24) is 0 Å². The summed E-state index contributed by atoms with van der Waals surface area (Å²) in [7, 11) is 0. The third-order valence-electron chi connectivity index (χ3n) is 1.73. The van der Waals surface area contributed by atoms with Crippen molar-refractivity contribution in [2.75, 3.05) is 6.61 Å². The van der Waals surface area contributed by atoms with E-state index in [0.29, 0.717) is 6.61 Å². The van der Waals surface area contributed by atoms with Gasteiger partial charge in [0.1, 0.15) is 12.4 Å². The lowest BCUT2D eigenvalue weighted by Crippen LogP contribution is -2.26. The minimum absolute atomic E-state index is 0.144. The van der Waals surface area contributed by atoms with Crippen LogP contribution in [0.25, 0.3) is 0 Å². The molecule has 0 spiro atoms. The molecule has 2 heteroatoms. The van der Waals surface area contributed by atoms with E-state index in [0.717, 1.165) is 12.2 Å². The summed E-state index contributed by atoms with van der Waals surface area (Å²) in [5.74, 6) is 0.890. The Balaban J connectivity index is 2.33. The van der Waals surface area contributed by atoms with Crippen molar-refractivity contribution >= 4 is 0 Å². The van der Waals surface area contributed by atoms with Crippen LogP contribution in [0.1, 0.15) is 13.3 Å². The van der Waals surface area contributed by atoms with E-state index in [2.05, 4.69) is 6.92 Å². The maximum atomic E-state index is 5.70. The third kappa shape index (κ3) is 2.93. The Kier molecular flexibility index (Phi) is 3.61. The van der Waals surface area contributed by atoms with E-state index < -0.39 is 0 Å². The summed E-state index contributed by atoms with van der Waals surface area (Å²) in [6.07, 6.45) is 0.951. The van der Waals surface area contributed by atoms with E-state index >= 15 is 0 Å². The highest BCUT2D eigenvalue weighted by Gasteiger charge is 1.98. The zero-order valence-corrected chi connectivity index (χ0v) is 7.36. The van der Waals surface area contributed by atoms with Gasteiger partial charge >= 0.3 is 0 Å². The molecule has 0 aliphatic carbocycles. The Morgan fingerprint density at radius 2 is 2.00 bits per heavy atom. The van der Waals surface area contributed by atoms with Crippen molar-refractivity contribution in [2.24, 2.45) is 5.73 Å². The van der Waals surface area contributed by atoms with E-state index in [4.69, 9.17) is 10.5 Å². The molecule has 2 N–H and O–H groups in total. The molecular formula is C10H15NO. The summed E-state index contributed by atoms with van der Waals surface area (Å²) in [5, 5.41) is 0. The molecule has 2 nitrogen and oxygen atoms in total. The number of hydrogen-bond acceptors (Lipinski definition) is 2. The van der Waals surface area contributed by atoms with Gasteiger partial charge in [-0.25, -0.2) is 0 Å². The molecule has 1 atom stereocenters. The maximum Gasteiger partial charge on any atom is 0.119 e. The van der Waals surface area contributed by atoms with Gasteiger partial charge in [0.25, 0.3) is 0 Å². The molecule has 12 heavy (non-hydrogen) atoms. The summed E-state index contributed by atoms with van der Waals surface area (Å²) < 4.78 is 5.43. The summed E-state index contributed by atoms with van der Waals surface area (Å²) in [6.45, 7) is 2.65. The van der Waals surface area contributed by atoms with E-state index in [9.17, 15) is 0 Å². The molecule has 0 saturated heterocycles. The topological polar surface area (TPSA) is 35.2 Å². The fourth-order valence-electron chi connectivity index (χ4n) is 0.838. The lowest BCUT2D eigenvalue weighted by molar-refractivity contribution is 0.285. The van der Waals surface area contributed by atoms with Crippen LogP contribution in [0.2, 0.25) is 0 Å². The lowest BCUT2D eigenvalue weighted by atomic mass is 10.2. The number of benzene rings is 1. The lowest BCUT2D eigenvalue weighted by Gasteiger charge is -2.10. The molecule has 1 unspecified atom stereocenters. The molecule has 0 bridgehead atoms. The van der Waals surface area contributed by atoms with E-state index in [1.54, 1.807) is 0 Å². The SMILES string of the molecule is CCC(N)COc1ccccc1. The Morgan fingerprint density at radius 1 is 1.33 bits per heavy atom. The average molecular weight is 165 g/mol. The van der Waals surface area contributed by atoms with Gasteiger partial charge in [0.2, 0.25) is 0 Å². The predicted molar refractivity (Wildman–Crippen MR) is 50.2 cm³/mol. The van der Waals surface area contributed by atoms with Gasteiger partial charge in [-0.2, -0.15) is 0 Å². The second kappa shape index (κ2) is 4.78. The average Bonchev–Trinajstić information content (AvgIpc) is 2.16. The molecule has 0 aliphatic rings. The van der Waals surface area contributed by atoms with Crippen LogP contribution >= 0.6 is 0 Å². The fourth-order valence-corrected chi connectivity index (χ4v) is 0.838. The Labute approximate surface area is 73.3 Å². The number of para-hydroxylation sites is 1. The molecule has 0 aliphatic heterocycles. The highest BCUT2D eigenvalue weighted by molar-refractivity contribution is 5.20. The summed E-state index contributed by atoms with van der Waals surface area (Å²) >= 11 is 0. The van der Waals surface area contributed by atoms with Crippen molar-refractivity contribution in [3.63, 3.8) is 0 Å². The summed E-state index contributed by atoms with van der Waals surface area (Å²) in [6, 6.07) is 9.88. The molecule has 0 aromatic heterocycles.